The fourth-order valence-electron chi connectivity index (χ4n) is 1.66. The van der Waals surface area contributed by atoms with Crippen molar-refractivity contribution in [2.45, 2.75) is 13.5 Å². The molecule has 0 aliphatic rings. The van der Waals surface area contributed by atoms with Crippen molar-refractivity contribution in [2.24, 2.45) is 7.05 Å². The van der Waals surface area contributed by atoms with Gasteiger partial charge in [-0.2, -0.15) is 5.10 Å². The van der Waals surface area contributed by atoms with E-state index >= 15 is 0 Å². The zero-order valence-electron chi connectivity index (χ0n) is 9.97. The summed E-state index contributed by atoms with van der Waals surface area (Å²) in [6.45, 7) is 2.46. The van der Waals surface area contributed by atoms with Gasteiger partial charge in [-0.05, 0) is 25.1 Å². The summed E-state index contributed by atoms with van der Waals surface area (Å²) in [5, 5.41) is 9.23. The molecule has 2 aromatic rings. The van der Waals surface area contributed by atoms with Crippen LogP contribution in [0.4, 0.5) is 5.69 Å². The normalized spacial score (nSPS) is 10.7. The Balaban J connectivity index is 2.14. The molecule has 0 atom stereocenters. The first-order valence-electron chi connectivity index (χ1n) is 5.36. The van der Waals surface area contributed by atoms with Crippen LogP contribution in [0.2, 0.25) is 15.1 Å². The second-order valence-corrected chi connectivity index (χ2v) is 5.14. The lowest BCUT2D eigenvalue weighted by atomic mass is 10.3. The molecule has 3 nitrogen and oxygen atoms in total. The number of anilines is 1. The summed E-state index contributed by atoms with van der Waals surface area (Å²) < 4.78 is 1.77. The molecular formula is C12H12Cl3N3. The van der Waals surface area contributed by atoms with Crippen LogP contribution in [0.25, 0.3) is 0 Å². The fraction of sp³-hybridized carbons (Fsp3) is 0.250. The monoisotopic (exact) mass is 303 g/mol. The maximum atomic E-state index is 6.17. The van der Waals surface area contributed by atoms with Crippen LogP contribution in [0.5, 0.6) is 0 Å². The Morgan fingerprint density at radius 2 is 1.94 bits per heavy atom. The third kappa shape index (κ3) is 2.74. The van der Waals surface area contributed by atoms with Crippen LogP contribution in [-0.4, -0.2) is 9.78 Å². The van der Waals surface area contributed by atoms with Crippen LogP contribution in [0, 0.1) is 6.92 Å². The maximum Gasteiger partial charge on any atom is 0.0865 e. The first-order valence-corrected chi connectivity index (χ1v) is 6.49. The van der Waals surface area contributed by atoms with Gasteiger partial charge in [0.2, 0.25) is 0 Å². The molecule has 96 valence electrons. The lowest BCUT2D eigenvalue weighted by Crippen LogP contribution is -2.05. The number of benzene rings is 1. The van der Waals surface area contributed by atoms with Crippen molar-refractivity contribution in [3.05, 3.63) is 44.7 Å². The summed E-state index contributed by atoms with van der Waals surface area (Å²) in [6.07, 6.45) is 0. The molecule has 0 fully saturated rings. The van der Waals surface area contributed by atoms with Gasteiger partial charge in [-0.1, -0.05) is 34.8 Å². The van der Waals surface area contributed by atoms with Crippen LogP contribution in [-0.2, 0) is 13.6 Å². The fourth-order valence-corrected chi connectivity index (χ4v) is 2.19. The van der Waals surface area contributed by atoms with Crippen molar-refractivity contribution in [1.82, 2.24) is 9.78 Å². The quantitative estimate of drug-likeness (QED) is 0.916. The molecule has 0 spiro atoms. The molecule has 6 heteroatoms. The van der Waals surface area contributed by atoms with E-state index in [9.17, 15) is 0 Å². The highest BCUT2D eigenvalue weighted by Crippen LogP contribution is 2.26. The Morgan fingerprint density at radius 3 is 2.50 bits per heavy atom. The smallest absolute Gasteiger partial charge is 0.0865 e. The number of hydrogen-bond acceptors (Lipinski definition) is 2. The minimum absolute atomic E-state index is 0.522. The van der Waals surface area contributed by atoms with E-state index in [1.54, 1.807) is 16.8 Å². The maximum absolute atomic E-state index is 6.17. The lowest BCUT2D eigenvalue weighted by molar-refractivity contribution is 0.713. The Bertz CT molecular complexity index is 578. The largest absolute Gasteiger partial charge is 0.379 e. The van der Waals surface area contributed by atoms with E-state index in [0.29, 0.717) is 21.6 Å². The zero-order chi connectivity index (χ0) is 13.3. The molecule has 0 bridgehead atoms. The minimum Gasteiger partial charge on any atom is -0.379 e. The third-order valence-corrected chi connectivity index (χ3v) is 3.87. The number of halogens is 3. The highest BCUT2D eigenvalue weighted by atomic mass is 35.5. The first kappa shape index (κ1) is 13.5. The van der Waals surface area contributed by atoms with E-state index in [2.05, 4.69) is 10.4 Å². The predicted octanol–water partition coefficient (Wildman–Crippen LogP) is 4.30. The van der Waals surface area contributed by atoms with Gasteiger partial charge in [-0.15, -0.1) is 0 Å². The van der Waals surface area contributed by atoms with Crippen LogP contribution < -0.4 is 5.32 Å². The van der Waals surface area contributed by atoms with Gasteiger partial charge >= 0.3 is 0 Å². The van der Waals surface area contributed by atoms with Gasteiger partial charge in [-0.3, -0.25) is 4.68 Å². The molecule has 0 amide bonds. The van der Waals surface area contributed by atoms with Crippen molar-refractivity contribution >= 4 is 40.5 Å². The van der Waals surface area contributed by atoms with Crippen LogP contribution in [0.1, 0.15) is 11.4 Å². The Labute approximate surface area is 121 Å². The van der Waals surface area contributed by atoms with Crippen LogP contribution in [0.3, 0.4) is 0 Å². The van der Waals surface area contributed by atoms with E-state index in [0.717, 1.165) is 17.1 Å². The first-order chi connectivity index (χ1) is 8.49. The average molecular weight is 305 g/mol. The standard InChI is InChI=1S/C12H12Cl3N3/c1-7-12(15)11(18(2)17-7)6-16-8-3-4-9(13)10(14)5-8/h3-5,16H,6H2,1-2H3. The summed E-state index contributed by atoms with van der Waals surface area (Å²) in [6, 6.07) is 5.40. The molecule has 0 radical (unpaired) electrons. The van der Waals surface area contributed by atoms with Gasteiger partial charge in [-0.25, -0.2) is 0 Å². The summed E-state index contributed by atoms with van der Waals surface area (Å²) in [5.41, 5.74) is 2.64. The Hall–Kier alpha value is -0.900. The highest BCUT2D eigenvalue weighted by molar-refractivity contribution is 6.42. The summed E-state index contributed by atoms with van der Waals surface area (Å²) in [7, 11) is 1.87. The Morgan fingerprint density at radius 1 is 1.22 bits per heavy atom. The number of rotatable bonds is 3. The second kappa shape index (κ2) is 5.39. The van der Waals surface area contributed by atoms with E-state index in [1.807, 2.05) is 20.0 Å². The SMILES string of the molecule is Cc1nn(C)c(CNc2ccc(Cl)c(Cl)c2)c1Cl. The minimum atomic E-state index is 0.522. The molecule has 0 aliphatic carbocycles. The van der Waals surface area contributed by atoms with Gasteiger partial charge in [0.1, 0.15) is 0 Å². The van der Waals surface area contributed by atoms with Gasteiger partial charge in [0.05, 0.1) is 33.0 Å². The lowest BCUT2D eigenvalue weighted by Gasteiger charge is -2.08. The molecule has 18 heavy (non-hydrogen) atoms. The van der Waals surface area contributed by atoms with E-state index < -0.39 is 0 Å². The molecule has 1 aromatic carbocycles. The molecule has 0 aliphatic heterocycles. The summed E-state index contributed by atoms with van der Waals surface area (Å²) >= 11 is 18.0. The van der Waals surface area contributed by atoms with Gasteiger partial charge < -0.3 is 5.32 Å². The van der Waals surface area contributed by atoms with Gasteiger partial charge in [0, 0.05) is 12.7 Å². The molecule has 0 saturated heterocycles. The molecule has 0 unspecified atom stereocenters. The topological polar surface area (TPSA) is 29.9 Å². The molecule has 1 heterocycles. The van der Waals surface area contributed by atoms with Crippen LogP contribution >= 0.6 is 34.8 Å². The Kier molecular flexibility index (Phi) is 4.05. The average Bonchev–Trinajstić information content (AvgIpc) is 2.56. The molecule has 1 aromatic heterocycles. The van der Waals surface area contributed by atoms with Crippen molar-refractivity contribution in [2.75, 3.05) is 5.32 Å². The van der Waals surface area contributed by atoms with E-state index in [1.165, 1.54) is 0 Å². The molecule has 1 N–H and O–H groups in total. The third-order valence-electron chi connectivity index (χ3n) is 2.64. The highest BCUT2D eigenvalue weighted by Gasteiger charge is 2.10. The predicted molar refractivity (Wildman–Crippen MR) is 76.7 cm³/mol. The van der Waals surface area contributed by atoms with Crippen molar-refractivity contribution in [3.63, 3.8) is 0 Å². The van der Waals surface area contributed by atoms with Crippen LogP contribution in [0.15, 0.2) is 18.2 Å². The molecule has 2 rings (SSSR count). The van der Waals surface area contributed by atoms with E-state index in [4.69, 9.17) is 34.8 Å². The number of hydrogen-bond donors (Lipinski definition) is 1. The summed E-state index contributed by atoms with van der Waals surface area (Å²) in [4.78, 5) is 0. The van der Waals surface area contributed by atoms with Crippen molar-refractivity contribution < 1.29 is 0 Å². The number of aryl methyl sites for hydroxylation is 2. The number of nitrogens with zero attached hydrogens (tertiary/aromatic N) is 2. The molecule has 0 saturated carbocycles. The van der Waals surface area contributed by atoms with Crippen molar-refractivity contribution in [1.29, 1.82) is 0 Å². The number of nitrogens with one attached hydrogen (secondary N) is 1. The molecular weight excluding hydrogens is 293 g/mol. The summed E-state index contributed by atoms with van der Waals surface area (Å²) in [5.74, 6) is 0. The van der Waals surface area contributed by atoms with Gasteiger partial charge in [0.15, 0.2) is 0 Å². The zero-order valence-corrected chi connectivity index (χ0v) is 12.2. The number of aromatic nitrogens is 2. The van der Waals surface area contributed by atoms with E-state index in [-0.39, 0.29) is 0 Å². The van der Waals surface area contributed by atoms with Crippen molar-refractivity contribution in [3.8, 4) is 0 Å². The van der Waals surface area contributed by atoms with Gasteiger partial charge in [0.25, 0.3) is 0 Å². The second-order valence-electron chi connectivity index (χ2n) is 3.95.